The molecule has 66 heavy (non-hydrogen) atoms. The van der Waals surface area contributed by atoms with Gasteiger partial charge >= 0.3 is 17.9 Å². The summed E-state index contributed by atoms with van der Waals surface area (Å²) in [5, 5.41) is 25.2. The molecule has 6 N–H and O–H groups in total. The third-order valence-electron chi connectivity index (χ3n) is 10.6. The van der Waals surface area contributed by atoms with E-state index in [9.17, 15) is 43.5 Å². The fourth-order valence-corrected chi connectivity index (χ4v) is 8.03. The van der Waals surface area contributed by atoms with Crippen LogP contribution in [0.25, 0.3) is 11.1 Å². The van der Waals surface area contributed by atoms with Crippen LogP contribution in [0.3, 0.4) is 0 Å². The van der Waals surface area contributed by atoms with Gasteiger partial charge in [0, 0.05) is 43.7 Å². The van der Waals surface area contributed by atoms with Gasteiger partial charge in [-0.15, -0.1) is 11.3 Å². The minimum absolute atomic E-state index is 0.0485. The quantitative estimate of drug-likeness (QED) is 0.0821. The summed E-state index contributed by atoms with van der Waals surface area (Å²) in [6, 6.07) is 29.7. The van der Waals surface area contributed by atoms with Crippen LogP contribution in [0.1, 0.15) is 41.8 Å². The molecule has 0 unspecified atom stereocenters. The van der Waals surface area contributed by atoms with Crippen LogP contribution in [0.2, 0.25) is 0 Å². The molecule has 1 aromatic heterocycles. The number of benzene rings is 4. The Hall–Kier alpha value is -7.66. The first-order valence-electron chi connectivity index (χ1n) is 21.1. The Balaban J connectivity index is 1.41. The lowest BCUT2D eigenvalue weighted by molar-refractivity contribution is -0.173. The molecular weight excluding hydrogens is 867 g/mol. The van der Waals surface area contributed by atoms with E-state index in [-0.39, 0.29) is 31.4 Å². The second-order valence-corrected chi connectivity index (χ2v) is 16.6. The molecule has 7 rings (SSSR count). The van der Waals surface area contributed by atoms with E-state index in [1.165, 1.54) is 35.6 Å². The van der Waals surface area contributed by atoms with Gasteiger partial charge in [-0.25, -0.2) is 4.79 Å². The number of hydrogen-bond acceptors (Lipinski definition) is 11. The molecule has 5 amide bonds. The molecule has 2 bridgehead atoms. The Morgan fingerprint density at radius 3 is 1.71 bits per heavy atom. The average molecular weight is 916 g/mol. The smallest absolute Gasteiger partial charge is 0.326 e. The van der Waals surface area contributed by atoms with Gasteiger partial charge in [-0.3, -0.25) is 33.6 Å². The van der Waals surface area contributed by atoms with Crippen molar-refractivity contribution in [1.29, 1.82) is 0 Å². The summed E-state index contributed by atoms with van der Waals surface area (Å²) in [6.07, 6.45) is -4.22. The number of rotatable bonds is 11. The summed E-state index contributed by atoms with van der Waals surface area (Å²) in [4.78, 5) is 109. The molecule has 6 atom stereocenters. The third kappa shape index (κ3) is 13.7. The van der Waals surface area contributed by atoms with Crippen molar-refractivity contribution < 1.29 is 52.9 Å². The molecule has 0 radical (unpaired) electrons. The van der Waals surface area contributed by atoms with Crippen LogP contribution in [0.15, 0.2) is 127 Å². The molecule has 0 aliphatic carbocycles. The number of anilines is 1. The molecule has 2 aliphatic heterocycles. The first-order valence-corrected chi connectivity index (χ1v) is 22.0. The number of aryl methyl sites for hydroxylation is 1. The maximum Gasteiger partial charge on any atom is 0.326 e. The molecule has 0 saturated heterocycles. The van der Waals surface area contributed by atoms with Crippen molar-refractivity contribution in [3.63, 3.8) is 0 Å². The number of carbonyl (C=O) groups excluding carboxylic acids is 7. The lowest BCUT2D eigenvalue weighted by Gasteiger charge is -2.28. The number of thiophene rings is 1. The summed E-state index contributed by atoms with van der Waals surface area (Å²) < 4.78 is 10.6. The van der Waals surface area contributed by atoms with Crippen molar-refractivity contribution in [2.24, 2.45) is 0 Å². The molecule has 0 saturated carbocycles. The number of carboxylic acid groups (broad SMARTS) is 1. The van der Waals surface area contributed by atoms with Crippen molar-refractivity contribution in [1.82, 2.24) is 21.3 Å². The van der Waals surface area contributed by atoms with Crippen LogP contribution in [0.4, 0.5) is 5.69 Å². The number of amides is 5. The predicted molar refractivity (Wildman–Crippen MR) is 244 cm³/mol. The lowest BCUT2D eigenvalue weighted by Crippen LogP contribution is -2.60. The van der Waals surface area contributed by atoms with Crippen molar-refractivity contribution in [2.45, 2.75) is 82.3 Å². The van der Waals surface area contributed by atoms with Crippen molar-refractivity contribution >= 4 is 64.5 Å². The normalized spacial score (nSPS) is 20.8. The Morgan fingerprint density at radius 1 is 0.576 bits per heavy atom. The van der Waals surface area contributed by atoms with E-state index in [1.54, 1.807) is 29.6 Å². The standard InChI is InChI=1S/C49H49N5O11S/c1-29(55)64-42-43(65-30(2)56)48(61)53-40(28-37-14-9-25-66-37)46(59)52-39(26-32-15-20-35(21-16-32)34-12-7-4-8-13-34)45(58)51-38(24-19-31-10-5-3-6-11-31)44(57)54-41(49(62)63)27-33-17-22-36(23-18-33)50-47(42)60/h3-18,20-23,25,38-43H,19,24,26-28H2,1-2H3,(H,50,60)(H,51,58)(H,52,59)(H,53,61)(H,54,57)(H,62,63)/t38-,39+,40-,41-,42-,43-/m1/s1. The average Bonchev–Trinajstić information content (AvgIpc) is 3.82. The van der Waals surface area contributed by atoms with Gasteiger partial charge in [-0.05, 0) is 64.2 Å². The Bertz CT molecular complexity index is 2500. The number of carboxylic acids is 1. The molecule has 16 nitrogen and oxygen atoms in total. The number of aliphatic carboxylic acids is 1. The SMILES string of the molecule is CC(=O)O[C@H]1C(=O)Nc2ccc(cc2)C[C@H](C(=O)O)NC(=O)[C@@H](CCc2ccccc2)NC(=O)[C@H](Cc2ccc(-c3ccccc3)cc2)NC(=O)[C@@H](Cc2cccs2)NC(=O)[C@@H]1OC(C)=O. The summed E-state index contributed by atoms with van der Waals surface area (Å²) in [5.41, 5.74) is 3.87. The molecule has 342 valence electrons. The molecule has 17 heteroatoms. The zero-order valence-electron chi connectivity index (χ0n) is 36.1. The highest BCUT2D eigenvalue weighted by Crippen LogP contribution is 2.21. The van der Waals surface area contributed by atoms with Crippen molar-refractivity contribution in [2.75, 3.05) is 5.32 Å². The molecule has 0 spiro atoms. The van der Waals surface area contributed by atoms with E-state index in [1.807, 2.05) is 72.8 Å². The Kier molecular flexibility index (Phi) is 16.5. The van der Waals surface area contributed by atoms with Gasteiger partial charge in [-0.2, -0.15) is 0 Å². The van der Waals surface area contributed by atoms with Crippen LogP contribution in [-0.2, 0) is 73.5 Å². The fourth-order valence-electron chi connectivity index (χ4n) is 7.28. The molecule has 2 aliphatic rings. The second kappa shape index (κ2) is 22.8. The third-order valence-corrected chi connectivity index (χ3v) is 11.5. The summed E-state index contributed by atoms with van der Waals surface area (Å²) >= 11 is 1.27. The van der Waals surface area contributed by atoms with Crippen molar-refractivity contribution in [3.8, 4) is 11.1 Å². The van der Waals surface area contributed by atoms with E-state index in [0.717, 1.165) is 30.5 Å². The van der Waals surface area contributed by atoms with Gasteiger partial charge in [0.1, 0.15) is 24.2 Å². The molecule has 5 aromatic rings. The maximum absolute atomic E-state index is 14.6. The van der Waals surface area contributed by atoms with E-state index in [0.29, 0.717) is 22.4 Å². The Labute approximate surface area is 384 Å². The largest absolute Gasteiger partial charge is 0.480 e. The monoisotopic (exact) mass is 915 g/mol. The number of carbonyl (C=O) groups is 8. The first-order chi connectivity index (χ1) is 31.7. The van der Waals surface area contributed by atoms with Crippen LogP contribution < -0.4 is 26.6 Å². The summed E-state index contributed by atoms with van der Waals surface area (Å²) in [5.74, 6) is -8.04. The van der Waals surface area contributed by atoms with E-state index >= 15 is 0 Å². The van der Waals surface area contributed by atoms with Crippen LogP contribution in [0, 0.1) is 0 Å². The molecule has 0 fully saturated rings. The number of fused-ring (bicyclic) bond motifs is 18. The maximum atomic E-state index is 14.6. The lowest BCUT2D eigenvalue weighted by atomic mass is 9.99. The van der Waals surface area contributed by atoms with Gasteiger partial charge in [-0.1, -0.05) is 103 Å². The summed E-state index contributed by atoms with van der Waals surface area (Å²) in [6.45, 7) is 1.97. The van der Waals surface area contributed by atoms with E-state index in [2.05, 4.69) is 26.6 Å². The fraction of sp³-hybridized carbons (Fsp3) is 0.265. The van der Waals surface area contributed by atoms with Crippen LogP contribution >= 0.6 is 11.3 Å². The minimum Gasteiger partial charge on any atom is -0.480 e. The van der Waals surface area contributed by atoms with Gasteiger partial charge in [0.25, 0.3) is 11.8 Å². The first kappa shape index (κ1) is 47.8. The van der Waals surface area contributed by atoms with Crippen LogP contribution in [-0.4, -0.2) is 88.9 Å². The zero-order valence-corrected chi connectivity index (χ0v) is 36.9. The highest BCUT2D eigenvalue weighted by atomic mass is 32.1. The van der Waals surface area contributed by atoms with E-state index in [4.69, 9.17) is 9.47 Å². The molecular formula is C49H49N5O11S. The molecule has 3 heterocycles. The van der Waals surface area contributed by atoms with E-state index < -0.39 is 83.8 Å². The number of ether oxygens (including phenoxy) is 2. The zero-order chi connectivity index (χ0) is 47.2. The topological polar surface area (TPSA) is 235 Å². The highest BCUT2D eigenvalue weighted by molar-refractivity contribution is 7.09. The Morgan fingerprint density at radius 2 is 1.12 bits per heavy atom. The van der Waals surface area contributed by atoms with Crippen LogP contribution in [0.5, 0.6) is 0 Å². The highest BCUT2D eigenvalue weighted by Gasteiger charge is 2.41. The predicted octanol–water partition coefficient (Wildman–Crippen LogP) is 3.92. The van der Waals surface area contributed by atoms with Crippen molar-refractivity contribution in [3.05, 3.63) is 148 Å². The van der Waals surface area contributed by atoms with Gasteiger partial charge < -0.3 is 41.2 Å². The van der Waals surface area contributed by atoms with Gasteiger partial charge in [0.15, 0.2) is 0 Å². The van der Waals surface area contributed by atoms with Gasteiger partial charge in [0.05, 0.1) is 0 Å². The minimum atomic E-state index is -2.10. The summed E-state index contributed by atoms with van der Waals surface area (Å²) in [7, 11) is 0. The number of esters is 2. The van der Waals surface area contributed by atoms with Gasteiger partial charge in [0.2, 0.25) is 29.9 Å². The number of nitrogens with one attached hydrogen (secondary N) is 5. The molecule has 4 aromatic carbocycles. The number of hydrogen-bond donors (Lipinski definition) is 6. The second-order valence-electron chi connectivity index (χ2n) is 15.6.